The van der Waals surface area contributed by atoms with E-state index in [-0.39, 0.29) is 0 Å². The quantitative estimate of drug-likeness (QED) is 0.846. The molecule has 1 aromatic carbocycles. The summed E-state index contributed by atoms with van der Waals surface area (Å²) in [6.07, 6.45) is 1.64. The lowest BCUT2D eigenvalue weighted by Crippen LogP contribution is -2.11. The highest BCUT2D eigenvalue weighted by atomic mass is 15.3. The van der Waals surface area contributed by atoms with Gasteiger partial charge in [-0.3, -0.25) is 0 Å². The van der Waals surface area contributed by atoms with E-state index in [1.165, 1.54) is 11.1 Å². The van der Waals surface area contributed by atoms with Crippen LogP contribution in [0.15, 0.2) is 30.5 Å². The van der Waals surface area contributed by atoms with Gasteiger partial charge < -0.3 is 10.6 Å². The number of aromatic nitrogens is 3. The minimum atomic E-state index is 0.541. The molecule has 5 heteroatoms. The molecule has 1 aromatic heterocycles. The van der Waals surface area contributed by atoms with Crippen LogP contribution in [-0.2, 0) is 6.54 Å². The molecule has 1 heterocycles. The Bertz CT molecular complexity index is 536. The molecule has 0 saturated carbocycles. The molecule has 0 atom stereocenters. The van der Waals surface area contributed by atoms with Gasteiger partial charge in [-0.1, -0.05) is 43.7 Å². The molecule has 2 rings (SSSR count). The molecule has 5 nitrogen and oxygen atoms in total. The van der Waals surface area contributed by atoms with Crippen molar-refractivity contribution in [2.45, 2.75) is 27.3 Å². The monoisotopic (exact) mass is 271 g/mol. The Morgan fingerprint density at radius 2 is 1.85 bits per heavy atom. The Hall–Kier alpha value is -2.17. The van der Waals surface area contributed by atoms with Crippen LogP contribution in [0.2, 0.25) is 0 Å². The highest BCUT2D eigenvalue weighted by Gasteiger charge is 2.01. The normalized spacial score (nSPS) is 10.6. The van der Waals surface area contributed by atoms with Gasteiger partial charge in [-0.25, -0.2) is 0 Å². The molecule has 2 aromatic rings. The second kappa shape index (κ2) is 6.84. The fourth-order valence-corrected chi connectivity index (χ4v) is 1.66. The molecule has 0 bridgehead atoms. The average Bonchev–Trinajstić information content (AvgIpc) is 2.45. The maximum Gasteiger partial charge on any atom is 0.244 e. The standard InChI is InChI=1S/C15H21N5/c1-11(2)8-16-14-10-18-20-15(19-14)17-9-13-6-4-12(3)5-7-13/h4-7,10-11H,8-9H2,1-3H3,(H2,16,17,19,20). The van der Waals surface area contributed by atoms with E-state index in [1.54, 1.807) is 6.20 Å². The van der Waals surface area contributed by atoms with E-state index in [0.717, 1.165) is 12.4 Å². The minimum Gasteiger partial charge on any atom is -0.368 e. The first-order valence-corrected chi connectivity index (χ1v) is 6.86. The second-order valence-electron chi connectivity index (χ2n) is 5.28. The molecule has 0 amide bonds. The molecule has 106 valence electrons. The summed E-state index contributed by atoms with van der Waals surface area (Å²) in [5.74, 6) is 1.85. The van der Waals surface area contributed by atoms with E-state index in [0.29, 0.717) is 18.4 Å². The Kier molecular flexibility index (Phi) is 4.87. The van der Waals surface area contributed by atoms with Gasteiger partial charge in [-0.05, 0) is 18.4 Å². The van der Waals surface area contributed by atoms with E-state index in [4.69, 9.17) is 0 Å². The Morgan fingerprint density at radius 1 is 1.10 bits per heavy atom. The van der Waals surface area contributed by atoms with Crippen molar-refractivity contribution >= 4 is 11.8 Å². The van der Waals surface area contributed by atoms with Crippen molar-refractivity contribution in [2.24, 2.45) is 5.92 Å². The highest BCUT2D eigenvalue weighted by molar-refractivity contribution is 5.37. The molecule has 0 radical (unpaired) electrons. The summed E-state index contributed by atoms with van der Waals surface area (Å²) < 4.78 is 0. The van der Waals surface area contributed by atoms with E-state index in [2.05, 4.69) is 70.9 Å². The van der Waals surface area contributed by atoms with Crippen molar-refractivity contribution in [2.75, 3.05) is 17.2 Å². The maximum absolute atomic E-state index is 4.38. The summed E-state index contributed by atoms with van der Waals surface area (Å²) in [6.45, 7) is 7.94. The molecule has 0 aliphatic rings. The Morgan fingerprint density at radius 3 is 2.55 bits per heavy atom. The lowest BCUT2D eigenvalue weighted by Gasteiger charge is -2.09. The number of nitrogens with one attached hydrogen (secondary N) is 2. The molecule has 0 spiro atoms. The Labute approximate surface area is 119 Å². The van der Waals surface area contributed by atoms with Crippen LogP contribution in [0.25, 0.3) is 0 Å². The van der Waals surface area contributed by atoms with Crippen molar-refractivity contribution in [1.29, 1.82) is 0 Å². The van der Waals surface area contributed by atoms with Gasteiger partial charge >= 0.3 is 0 Å². The number of benzene rings is 1. The number of hydrogen-bond acceptors (Lipinski definition) is 5. The molecule has 0 aliphatic heterocycles. The predicted octanol–water partition coefficient (Wildman–Crippen LogP) is 2.86. The zero-order valence-corrected chi connectivity index (χ0v) is 12.2. The molecule has 20 heavy (non-hydrogen) atoms. The number of hydrogen-bond donors (Lipinski definition) is 2. The largest absolute Gasteiger partial charge is 0.368 e. The summed E-state index contributed by atoms with van der Waals surface area (Å²) >= 11 is 0. The van der Waals surface area contributed by atoms with E-state index in [1.807, 2.05) is 0 Å². The zero-order valence-electron chi connectivity index (χ0n) is 12.2. The van der Waals surface area contributed by atoms with Gasteiger partial charge in [0.1, 0.15) is 0 Å². The van der Waals surface area contributed by atoms with Crippen molar-refractivity contribution in [3.63, 3.8) is 0 Å². The van der Waals surface area contributed by atoms with Crippen LogP contribution in [0, 0.1) is 12.8 Å². The highest BCUT2D eigenvalue weighted by Crippen LogP contribution is 2.08. The SMILES string of the molecule is Cc1ccc(CNc2nncc(NCC(C)C)n2)cc1. The lowest BCUT2D eigenvalue weighted by atomic mass is 10.1. The summed E-state index contributed by atoms with van der Waals surface area (Å²) in [5, 5.41) is 14.4. The predicted molar refractivity (Wildman–Crippen MR) is 81.7 cm³/mol. The van der Waals surface area contributed by atoms with Crippen LogP contribution in [0.5, 0.6) is 0 Å². The third kappa shape index (κ3) is 4.50. The van der Waals surface area contributed by atoms with E-state index >= 15 is 0 Å². The maximum atomic E-state index is 4.38. The molecule has 0 aliphatic carbocycles. The number of rotatable bonds is 6. The van der Waals surface area contributed by atoms with Crippen LogP contribution in [-0.4, -0.2) is 21.7 Å². The second-order valence-corrected chi connectivity index (χ2v) is 5.28. The van der Waals surface area contributed by atoms with Crippen molar-refractivity contribution < 1.29 is 0 Å². The first-order valence-electron chi connectivity index (χ1n) is 6.86. The smallest absolute Gasteiger partial charge is 0.244 e. The van der Waals surface area contributed by atoms with E-state index in [9.17, 15) is 0 Å². The summed E-state index contributed by atoms with van der Waals surface area (Å²) in [7, 11) is 0. The molecule has 0 saturated heterocycles. The van der Waals surface area contributed by atoms with Crippen LogP contribution >= 0.6 is 0 Å². The molecule has 0 unspecified atom stereocenters. The van der Waals surface area contributed by atoms with Gasteiger partial charge in [-0.15, -0.1) is 5.10 Å². The first kappa shape index (κ1) is 14.2. The number of nitrogens with zero attached hydrogens (tertiary/aromatic N) is 3. The fraction of sp³-hybridized carbons (Fsp3) is 0.400. The number of anilines is 2. The first-order chi connectivity index (χ1) is 9.63. The van der Waals surface area contributed by atoms with Crippen LogP contribution in [0.3, 0.4) is 0 Å². The third-order valence-electron chi connectivity index (χ3n) is 2.82. The van der Waals surface area contributed by atoms with Gasteiger partial charge in [0.2, 0.25) is 5.95 Å². The van der Waals surface area contributed by atoms with Gasteiger partial charge in [0, 0.05) is 13.1 Å². The molecular weight excluding hydrogens is 250 g/mol. The van der Waals surface area contributed by atoms with Crippen molar-refractivity contribution in [3.05, 3.63) is 41.6 Å². The van der Waals surface area contributed by atoms with Gasteiger partial charge in [-0.2, -0.15) is 10.1 Å². The summed E-state index contributed by atoms with van der Waals surface area (Å²) in [5.41, 5.74) is 2.45. The Balaban J connectivity index is 1.92. The molecule has 0 fully saturated rings. The van der Waals surface area contributed by atoms with Gasteiger partial charge in [0.05, 0.1) is 6.20 Å². The third-order valence-corrected chi connectivity index (χ3v) is 2.82. The fourth-order valence-electron chi connectivity index (χ4n) is 1.66. The van der Waals surface area contributed by atoms with E-state index < -0.39 is 0 Å². The molecule has 2 N–H and O–H groups in total. The minimum absolute atomic E-state index is 0.541. The van der Waals surface area contributed by atoms with Gasteiger partial charge in [0.25, 0.3) is 0 Å². The topological polar surface area (TPSA) is 62.7 Å². The number of aryl methyl sites for hydroxylation is 1. The zero-order chi connectivity index (χ0) is 14.4. The summed E-state index contributed by atoms with van der Waals surface area (Å²) in [6, 6.07) is 8.38. The molecular formula is C15H21N5. The van der Waals surface area contributed by atoms with Crippen molar-refractivity contribution in [1.82, 2.24) is 15.2 Å². The van der Waals surface area contributed by atoms with Gasteiger partial charge in [0.15, 0.2) is 5.82 Å². The van der Waals surface area contributed by atoms with Crippen LogP contribution in [0.4, 0.5) is 11.8 Å². The average molecular weight is 271 g/mol. The summed E-state index contributed by atoms with van der Waals surface area (Å²) in [4.78, 5) is 4.38. The van der Waals surface area contributed by atoms with Crippen molar-refractivity contribution in [3.8, 4) is 0 Å². The van der Waals surface area contributed by atoms with Crippen LogP contribution in [0.1, 0.15) is 25.0 Å². The van der Waals surface area contributed by atoms with Crippen LogP contribution < -0.4 is 10.6 Å². The lowest BCUT2D eigenvalue weighted by molar-refractivity contribution is 0.686.